The molecule has 2 fully saturated rings. The number of aromatic nitrogens is 1. The fraction of sp³-hybridized carbons (Fsp3) is 0.733. The summed E-state index contributed by atoms with van der Waals surface area (Å²) in [6, 6.07) is 0. The standard InChI is InChI=1S/C15H23N3O2S/c19-9-13-5-12(6-17-3-1-2-4-17)7-18(8-13)15(20)14-10-21-11-16-14/h10-13,19H,1-9H2/t12-,13+/m1/s1. The van der Waals surface area contributed by atoms with E-state index in [9.17, 15) is 9.90 Å². The van der Waals surface area contributed by atoms with Crippen LogP contribution in [-0.2, 0) is 0 Å². The van der Waals surface area contributed by atoms with Crippen LogP contribution in [0.5, 0.6) is 0 Å². The first-order chi connectivity index (χ1) is 10.3. The number of hydrogen-bond acceptors (Lipinski definition) is 5. The van der Waals surface area contributed by atoms with E-state index in [4.69, 9.17) is 0 Å². The number of amides is 1. The fourth-order valence-electron chi connectivity index (χ4n) is 3.56. The van der Waals surface area contributed by atoms with Gasteiger partial charge in [-0.25, -0.2) is 4.98 Å². The van der Waals surface area contributed by atoms with Crippen LogP contribution in [0, 0.1) is 11.8 Å². The van der Waals surface area contributed by atoms with Gasteiger partial charge in [0.2, 0.25) is 0 Å². The van der Waals surface area contributed by atoms with Crippen molar-refractivity contribution >= 4 is 17.2 Å². The molecule has 2 aliphatic heterocycles. The van der Waals surface area contributed by atoms with Crippen LogP contribution in [0.3, 0.4) is 0 Å². The van der Waals surface area contributed by atoms with Gasteiger partial charge >= 0.3 is 0 Å². The molecule has 1 amide bonds. The Morgan fingerprint density at radius 1 is 1.33 bits per heavy atom. The first kappa shape index (κ1) is 14.9. The zero-order valence-electron chi connectivity index (χ0n) is 12.3. The number of carbonyl (C=O) groups excluding carboxylic acids is 1. The molecule has 0 saturated carbocycles. The molecule has 2 aliphatic rings. The molecular formula is C15H23N3O2S. The molecule has 21 heavy (non-hydrogen) atoms. The minimum Gasteiger partial charge on any atom is -0.396 e. The lowest BCUT2D eigenvalue weighted by molar-refractivity contribution is 0.0461. The second-order valence-electron chi connectivity index (χ2n) is 6.24. The van der Waals surface area contributed by atoms with E-state index in [2.05, 4.69) is 9.88 Å². The van der Waals surface area contributed by atoms with E-state index in [0.29, 0.717) is 18.2 Å². The number of nitrogens with zero attached hydrogens (tertiary/aromatic N) is 3. The molecule has 2 saturated heterocycles. The van der Waals surface area contributed by atoms with Gasteiger partial charge in [-0.3, -0.25) is 4.79 Å². The highest BCUT2D eigenvalue weighted by Crippen LogP contribution is 2.25. The van der Waals surface area contributed by atoms with Crippen LogP contribution in [0.1, 0.15) is 29.8 Å². The normalized spacial score (nSPS) is 27.2. The van der Waals surface area contributed by atoms with Gasteiger partial charge in [-0.15, -0.1) is 11.3 Å². The summed E-state index contributed by atoms with van der Waals surface area (Å²) in [7, 11) is 0. The SMILES string of the molecule is O=C(c1cscn1)N1C[C@@H](CN2CCCC2)C[C@H](CO)C1. The molecule has 6 heteroatoms. The molecule has 3 rings (SSSR count). The first-order valence-corrected chi connectivity index (χ1v) is 8.71. The Hall–Kier alpha value is -0.980. The monoisotopic (exact) mass is 309 g/mol. The smallest absolute Gasteiger partial charge is 0.273 e. The van der Waals surface area contributed by atoms with Crippen molar-refractivity contribution in [1.29, 1.82) is 0 Å². The number of carbonyl (C=O) groups is 1. The Balaban J connectivity index is 1.64. The maximum absolute atomic E-state index is 12.5. The van der Waals surface area contributed by atoms with E-state index in [1.54, 1.807) is 10.9 Å². The Morgan fingerprint density at radius 3 is 2.76 bits per heavy atom. The maximum atomic E-state index is 12.5. The van der Waals surface area contributed by atoms with E-state index in [0.717, 1.165) is 19.5 Å². The number of rotatable bonds is 4. The van der Waals surface area contributed by atoms with E-state index < -0.39 is 0 Å². The van der Waals surface area contributed by atoms with Crippen LogP contribution < -0.4 is 0 Å². The van der Waals surface area contributed by atoms with Gasteiger partial charge in [0, 0.05) is 31.6 Å². The van der Waals surface area contributed by atoms with Crippen molar-refractivity contribution in [2.24, 2.45) is 11.8 Å². The van der Waals surface area contributed by atoms with E-state index in [-0.39, 0.29) is 18.4 Å². The van der Waals surface area contributed by atoms with Crippen molar-refractivity contribution in [1.82, 2.24) is 14.8 Å². The Labute approximate surface area is 129 Å². The average Bonchev–Trinajstić information content (AvgIpc) is 3.19. The van der Waals surface area contributed by atoms with Gasteiger partial charge in [-0.05, 0) is 44.2 Å². The molecule has 116 valence electrons. The Kier molecular flexibility index (Phi) is 4.87. The molecule has 1 aromatic heterocycles. The van der Waals surface area contributed by atoms with Crippen LogP contribution in [0.15, 0.2) is 10.9 Å². The molecule has 2 atom stereocenters. The highest BCUT2D eigenvalue weighted by Gasteiger charge is 2.32. The third kappa shape index (κ3) is 3.62. The van der Waals surface area contributed by atoms with Crippen molar-refractivity contribution in [3.63, 3.8) is 0 Å². The fourth-order valence-corrected chi connectivity index (χ4v) is 4.09. The molecule has 3 heterocycles. The molecule has 0 bridgehead atoms. The van der Waals surface area contributed by atoms with Gasteiger partial charge in [0.05, 0.1) is 5.51 Å². The molecular weight excluding hydrogens is 286 g/mol. The predicted molar refractivity (Wildman–Crippen MR) is 82.4 cm³/mol. The summed E-state index contributed by atoms with van der Waals surface area (Å²) in [4.78, 5) is 21.0. The summed E-state index contributed by atoms with van der Waals surface area (Å²) in [5.74, 6) is 0.686. The summed E-state index contributed by atoms with van der Waals surface area (Å²) in [5.41, 5.74) is 2.24. The van der Waals surface area contributed by atoms with E-state index in [1.165, 1.54) is 37.3 Å². The van der Waals surface area contributed by atoms with Crippen LogP contribution in [-0.4, -0.2) is 65.1 Å². The van der Waals surface area contributed by atoms with Gasteiger partial charge in [-0.2, -0.15) is 0 Å². The molecule has 1 N–H and O–H groups in total. The van der Waals surface area contributed by atoms with Gasteiger partial charge in [-0.1, -0.05) is 0 Å². The lowest BCUT2D eigenvalue weighted by atomic mass is 9.89. The molecule has 0 radical (unpaired) electrons. The lowest BCUT2D eigenvalue weighted by Crippen LogP contribution is -2.47. The summed E-state index contributed by atoms with van der Waals surface area (Å²) >= 11 is 1.45. The summed E-state index contributed by atoms with van der Waals surface area (Å²) in [6.45, 7) is 5.03. The number of likely N-dealkylation sites (tertiary alicyclic amines) is 2. The van der Waals surface area contributed by atoms with Gasteiger partial charge < -0.3 is 14.9 Å². The summed E-state index contributed by atoms with van der Waals surface area (Å²) in [6.07, 6.45) is 3.60. The zero-order chi connectivity index (χ0) is 14.7. The van der Waals surface area contributed by atoms with Crippen molar-refractivity contribution < 1.29 is 9.90 Å². The Morgan fingerprint density at radius 2 is 2.10 bits per heavy atom. The van der Waals surface area contributed by atoms with Gasteiger partial charge in [0.25, 0.3) is 5.91 Å². The third-order valence-corrected chi connectivity index (χ3v) is 5.12. The molecule has 0 spiro atoms. The van der Waals surface area contributed by atoms with Crippen molar-refractivity contribution in [2.45, 2.75) is 19.3 Å². The highest BCUT2D eigenvalue weighted by atomic mass is 32.1. The molecule has 0 unspecified atom stereocenters. The van der Waals surface area contributed by atoms with Gasteiger partial charge in [0.1, 0.15) is 5.69 Å². The van der Waals surface area contributed by atoms with E-state index >= 15 is 0 Å². The summed E-state index contributed by atoms with van der Waals surface area (Å²) < 4.78 is 0. The topological polar surface area (TPSA) is 56.7 Å². The van der Waals surface area contributed by atoms with Crippen LogP contribution >= 0.6 is 11.3 Å². The molecule has 0 aromatic carbocycles. The predicted octanol–water partition coefficient (Wildman–Crippen LogP) is 1.31. The largest absolute Gasteiger partial charge is 0.396 e. The molecule has 1 aromatic rings. The quantitative estimate of drug-likeness (QED) is 0.911. The number of hydrogen-bond donors (Lipinski definition) is 1. The summed E-state index contributed by atoms with van der Waals surface area (Å²) in [5, 5.41) is 11.3. The highest BCUT2D eigenvalue weighted by molar-refractivity contribution is 7.07. The minimum atomic E-state index is 0.0146. The lowest BCUT2D eigenvalue weighted by Gasteiger charge is -2.38. The number of thiazole rings is 1. The number of aliphatic hydroxyl groups excluding tert-OH is 1. The third-order valence-electron chi connectivity index (χ3n) is 4.54. The number of piperidine rings is 1. The van der Waals surface area contributed by atoms with E-state index in [1.807, 2.05) is 4.90 Å². The van der Waals surface area contributed by atoms with Gasteiger partial charge in [0.15, 0.2) is 0 Å². The van der Waals surface area contributed by atoms with Crippen molar-refractivity contribution in [3.05, 3.63) is 16.6 Å². The zero-order valence-corrected chi connectivity index (χ0v) is 13.1. The second-order valence-corrected chi connectivity index (χ2v) is 6.96. The maximum Gasteiger partial charge on any atom is 0.273 e. The number of aliphatic hydroxyl groups is 1. The average molecular weight is 309 g/mol. The van der Waals surface area contributed by atoms with Crippen molar-refractivity contribution in [3.8, 4) is 0 Å². The Bertz CT molecular complexity index is 459. The molecule has 5 nitrogen and oxygen atoms in total. The first-order valence-electron chi connectivity index (χ1n) is 7.77. The minimum absolute atomic E-state index is 0.0146. The molecule has 0 aliphatic carbocycles. The second kappa shape index (κ2) is 6.85. The van der Waals surface area contributed by atoms with Crippen LogP contribution in [0.25, 0.3) is 0 Å². The van der Waals surface area contributed by atoms with Crippen LogP contribution in [0.4, 0.5) is 0 Å². The van der Waals surface area contributed by atoms with Crippen LogP contribution in [0.2, 0.25) is 0 Å². The van der Waals surface area contributed by atoms with Crippen molar-refractivity contribution in [2.75, 3.05) is 39.3 Å².